The molecular formula is C10H10IN5O. The minimum atomic E-state index is -0.670. The molecule has 0 saturated heterocycles. The number of hydrogen-bond acceptors (Lipinski definition) is 4. The summed E-state index contributed by atoms with van der Waals surface area (Å²) in [6.45, 7) is 0.464. The van der Waals surface area contributed by atoms with Gasteiger partial charge in [-0.2, -0.15) is 0 Å². The molecule has 6 nitrogen and oxygen atoms in total. The first-order valence-electron chi connectivity index (χ1n) is 4.81. The van der Waals surface area contributed by atoms with E-state index in [0.29, 0.717) is 6.54 Å². The summed E-state index contributed by atoms with van der Waals surface area (Å²) in [6.07, 6.45) is 0. The van der Waals surface area contributed by atoms with Gasteiger partial charge in [0.2, 0.25) is 0 Å². The van der Waals surface area contributed by atoms with Crippen LogP contribution in [-0.2, 0) is 6.54 Å². The Morgan fingerprint density at radius 1 is 1.41 bits per heavy atom. The highest BCUT2D eigenvalue weighted by Gasteiger charge is 2.14. The lowest BCUT2D eigenvalue weighted by Crippen LogP contribution is -2.15. The zero-order valence-electron chi connectivity index (χ0n) is 8.80. The van der Waals surface area contributed by atoms with Crippen molar-refractivity contribution in [3.05, 3.63) is 39.1 Å². The number of nitrogens with two attached hydrogens (primary N) is 2. The summed E-state index contributed by atoms with van der Waals surface area (Å²) in [5.41, 5.74) is 11.9. The van der Waals surface area contributed by atoms with Crippen molar-refractivity contribution in [3.8, 4) is 0 Å². The molecule has 1 aromatic carbocycles. The van der Waals surface area contributed by atoms with Crippen molar-refractivity contribution in [2.45, 2.75) is 6.54 Å². The number of aromatic nitrogens is 3. The largest absolute Gasteiger partial charge is 0.382 e. The van der Waals surface area contributed by atoms with Crippen LogP contribution in [-0.4, -0.2) is 20.9 Å². The molecule has 0 aliphatic heterocycles. The number of nitrogen functional groups attached to an aromatic ring is 1. The van der Waals surface area contributed by atoms with Crippen LogP contribution in [0.2, 0.25) is 0 Å². The summed E-state index contributed by atoms with van der Waals surface area (Å²) >= 11 is 2.23. The zero-order valence-corrected chi connectivity index (χ0v) is 11.0. The van der Waals surface area contributed by atoms with Crippen molar-refractivity contribution in [1.82, 2.24) is 15.0 Å². The van der Waals surface area contributed by atoms with Crippen molar-refractivity contribution in [3.63, 3.8) is 0 Å². The molecule has 0 spiro atoms. The van der Waals surface area contributed by atoms with Crippen LogP contribution >= 0.6 is 22.6 Å². The molecule has 1 aromatic heterocycles. The second-order valence-electron chi connectivity index (χ2n) is 3.44. The molecule has 7 heteroatoms. The third-order valence-corrected chi connectivity index (χ3v) is 3.34. The van der Waals surface area contributed by atoms with Crippen molar-refractivity contribution >= 4 is 34.3 Å². The number of benzene rings is 1. The number of nitrogens with zero attached hydrogens (tertiary/aromatic N) is 3. The highest BCUT2D eigenvalue weighted by atomic mass is 127. The smallest absolute Gasteiger partial charge is 0.273 e. The van der Waals surface area contributed by atoms with Gasteiger partial charge in [-0.25, -0.2) is 4.68 Å². The molecule has 0 radical (unpaired) electrons. The van der Waals surface area contributed by atoms with Gasteiger partial charge >= 0.3 is 0 Å². The molecule has 0 bridgehead atoms. The Kier molecular flexibility index (Phi) is 3.27. The fourth-order valence-electron chi connectivity index (χ4n) is 1.40. The maximum absolute atomic E-state index is 11.0. The minimum Gasteiger partial charge on any atom is -0.382 e. The minimum absolute atomic E-state index is 0.0101. The average Bonchev–Trinajstić information content (AvgIpc) is 2.64. The van der Waals surface area contributed by atoms with Crippen LogP contribution in [0.15, 0.2) is 24.3 Å². The molecule has 0 aliphatic carbocycles. The number of carbonyl (C=O) groups excluding carboxylic acids is 1. The van der Waals surface area contributed by atoms with E-state index in [9.17, 15) is 4.79 Å². The first-order valence-corrected chi connectivity index (χ1v) is 5.89. The van der Waals surface area contributed by atoms with Gasteiger partial charge in [-0.05, 0) is 34.2 Å². The quantitative estimate of drug-likeness (QED) is 0.798. The summed E-state index contributed by atoms with van der Waals surface area (Å²) < 4.78 is 2.55. The summed E-state index contributed by atoms with van der Waals surface area (Å²) in [7, 11) is 0. The Bertz CT molecular complexity index is 566. The Morgan fingerprint density at radius 2 is 2.12 bits per heavy atom. The van der Waals surface area contributed by atoms with Gasteiger partial charge in [0.15, 0.2) is 11.5 Å². The Hall–Kier alpha value is -1.64. The van der Waals surface area contributed by atoms with E-state index in [2.05, 4.69) is 32.9 Å². The Balaban J connectivity index is 2.31. The van der Waals surface area contributed by atoms with Crippen LogP contribution in [0.25, 0.3) is 0 Å². The van der Waals surface area contributed by atoms with Gasteiger partial charge in [-0.15, -0.1) is 5.10 Å². The van der Waals surface area contributed by atoms with Crippen LogP contribution in [0.3, 0.4) is 0 Å². The third-order valence-electron chi connectivity index (χ3n) is 2.28. The van der Waals surface area contributed by atoms with Crippen LogP contribution in [0.5, 0.6) is 0 Å². The van der Waals surface area contributed by atoms with Crippen LogP contribution < -0.4 is 11.5 Å². The maximum atomic E-state index is 11.0. The fraction of sp³-hybridized carbons (Fsp3) is 0.100. The van der Waals surface area contributed by atoms with E-state index >= 15 is 0 Å². The van der Waals surface area contributed by atoms with Crippen molar-refractivity contribution < 1.29 is 4.79 Å². The van der Waals surface area contributed by atoms with E-state index in [-0.39, 0.29) is 11.5 Å². The second kappa shape index (κ2) is 4.70. The molecule has 4 N–H and O–H groups in total. The summed E-state index contributed by atoms with van der Waals surface area (Å²) in [6, 6.07) is 7.83. The molecule has 0 fully saturated rings. The molecule has 2 rings (SSSR count). The summed E-state index contributed by atoms with van der Waals surface area (Å²) in [4.78, 5) is 11.0. The number of rotatable bonds is 3. The van der Waals surface area contributed by atoms with E-state index < -0.39 is 5.91 Å². The molecule has 88 valence electrons. The SMILES string of the molecule is NC(=O)c1nnn(Cc2ccccc2I)c1N. The van der Waals surface area contributed by atoms with Crippen molar-refractivity contribution in [2.75, 3.05) is 5.73 Å². The van der Waals surface area contributed by atoms with Gasteiger partial charge in [0.05, 0.1) is 6.54 Å². The molecule has 2 aromatic rings. The lowest BCUT2D eigenvalue weighted by Gasteiger charge is -2.05. The maximum Gasteiger partial charge on any atom is 0.273 e. The molecule has 0 unspecified atom stereocenters. The van der Waals surface area contributed by atoms with Gasteiger partial charge in [0, 0.05) is 3.57 Å². The predicted molar refractivity (Wildman–Crippen MR) is 71.2 cm³/mol. The highest BCUT2D eigenvalue weighted by molar-refractivity contribution is 14.1. The standard InChI is InChI=1S/C10H10IN5O/c11-7-4-2-1-3-6(7)5-16-9(12)8(10(13)17)14-15-16/h1-4H,5,12H2,(H2,13,17). The van der Waals surface area contributed by atoms with Gasteiger partial charge in [0.1, 0.15) is 0 Å². The summed E-state index contributed by atoms with van der Waals surface area (Å²) in [5.74, 6) is -0.478. The normalized spacial score (nSPS) is 10.4. The first kappa shape index (κ1) is 11.8. The van der Waals surface area contributed by atoms with Gasteiger partial charge in [-0.3, -0.25) is 4.79 Å². The van der Waals surface area contributed by atoms with Crippen LogP contribution in [0.1, 0.15) is 16.1 Å². The molecular weight excluding hydrogens is 333 g/mol. The van der Waals surface area contributed by atoms with E-state index in [4.69, 9.17) is 11.5 Å². The Morgan fingerprint density at radius 3 is 2.71 bits per heavy atom. The number of amides is 1. The van der Waals surface area contributed by atoms with Crippen molar-refractivity contribution in [2.24, 2.45) is 5.73 Å². The predicted octanol–water partition coefficient (Wildman–Crippen LogP) is 0.612. The highest BCUT2D eigenvalue weighted by Crippen LogP contribution is 2.15. The van der Waals surface area contributed by atoms with Crippen molar-refractivity contribution in [1.29, 1.82) is 0 Å². The zero-order chi connectivity index (χ0) is 12.4. The molecule has 1 amide bonds. The lowest BCUT2D eigenvalue weighted by atomic mass is 10.2. The lowest BCUT2D eigenvalue weighted by molar-refractivity contribution is 0.0996. The molecule has 1 heterocycles. The van der Waals surface area contributed by atoms with Gasteiger partial charge in [-0.1, -0.05) is 23.4 Å². The van der Waals surface area contributed by atoms with Crippen LogP contribution in [0.4, 0.5) is 5.82 Å². The number of anilines is 1. The van der Waals surface area contributed by atoms with E-state index in [1.807, 2.05) is 24.3 Å². The fourth-order valence-corrected chi connectivity index (χ4v) is 1.96. The van der Waals surface area contributed by atoms with E-state index in [0.717, 1.165) is 9.13 Å². The van der Waals surface area contributed by atoms with Gasteiger partial charge in [0.25, 0.3) is 5.91 Å². The van der Waals surface area contributed by atoms with Gasteiger partial charge < -0.3 is 11.5 Å². The average molecular weight is 343 g/mol. The molecule has 17 heavy (non-hydrogen) atoms. The Labute approximate surface area is 111 Å². The topological polar surface area (TPSA) is 99.8 Å². The number of hydrogen-bond donors (Lipinski definition) is 2. The van der Waals surface area contributed by atoms with E-state index in [1.54, 1.807) is 0 Å². The number of halogens is 1. The molecule has 0 saturated carbocycles. The number of primary amides is 1. The van der Waals surface area contributed by atoms with Crippen LogP contribution in [0, 0.1) is 3.57 Å². The second-order valence-corrected chi connectivity index (χ2v) is 4.60. The first-order chi connectivity index (χ1) is 8.09. The monoisotopic (exact) mass is 343 g/mol. The molecule has 0 atom stereocenters. The molecule has 0 aliphatic rings. The number of carbonyl (C=O) groups is 1. The van der Waals surface area contributed by atoms with E-state index in [1.165, 1.54) is 4.68 Å². The summed E-state index contributed by atoms with van der Waals surface area (Å²) in [5, 5.41) is 7.46. The third kappa shape index (κ3) is 2.38.